The molecule has 3 aromatic rings. The highest BCUT2D eigenvalue weighted by Crippen LogP contribution is 2.44. The number of hydrogen-bond donors (Lipinski definition) is 2. The molecule has 0 bridgehead atoms. The number of sulfonamides is 1. The van der Waals surface area contributed by atoms with Crippen LogP contribution in [0.2, 0.25) is 0 Å². The van der Waals surface area contributed by atoms with E-state index in [1.54, 1.807) is 38.1 Å². The second-order valence-corrected chi connectivity index (χ2v) is 10.2. The van der Waals surface area contributed by atoms with E-state index in [2.05, 4.69) is 10.0 Å². The molecule has 8 nitrogen and oxygen atoms in total. The van der Waals surface area contributed by atoms with Crippen LogP contribution in [0.5, 0.6) is 11.5 Å². The lowest BCUT2D eigenvalue weighted by Crippen LogP contribution is -2.32. The maximum absolute atomic E-state index is 13.2. The van der Waals surface area contributed by atoms with Crippen molar-refractivity contribution < 1.29 is 27.5 Å². The third-order valence-electron chi connectivity index (χ3n) is 5.40. The van der Waals surface area contributed by atoms with Crippen LogP contribution >= 0.6 is 0 Å². The van der Waals surface area contributed by atoms with Crippen LogP contribution in [0.25, 0.3) is 0 Å². The van der Waals surface area contributed by atoms with Gasteiger partial charge in [-0.1, -0.05) is 36.4 Å². The van der Waals surface area contributed by atoms with E-state index in [1.807, 2.05) is 24.3 Å². The Hall–Kier alpha value is -3.69. The third-order valence-corrected chi connectivity index (χ3v) is 7.08. The van der Waals surface area contributed by atoms with Crippen LogP contribution in [0, 0.1) is 0 Å². The minimum Gasteiger partial charge on any atom is -0.457 e. The zero-order valence-electron chi connectivity index (χ0n) is 19.5. The average Bonchev–Trinajstić information content (AvgIpc) is 2.81. The summed E-state index contributed by atoms with van der Waals surface area (Å²) in [6.45, 7) is 4.94. The minimum absolute atomic E-state index is 0.0838. The second kappa shape index (κ2) is 9.89. The summed E-state index contributed by atoms with van der Waals surface area (Å²) >= 11 is 0. The number of amides is 1. The van der Waals surface area contributed by atoms with Gasteiger partial charge >= 0.3 is 5.97 Å². The van der Waals surface area contributed by atoms with Gasteiger partial charge in [0.25, 0.3) is 5.91 Å². The third kappa shape index (κ3) is 5.36. The van der Waals surface area contributed by atoms with Crippen molar-refractivity contribution in [3.63, 3.8) is 0 Å². The fraction of sp³-hybridized carbons (Fsp3) is 0.231. The summed E-state index contributed by atoms with van der Waals surface area (Å²) in [5.74, 6) is -0.719. The molecular formula is C26H26N2O6S. The largest absolute Gasteiger partial charge is 0.457 e. The van der Waals surface area contributed by atoms with Crippen molar-refractivity contribution in [2.75, 3.05) is 5.32 Å². The summed E-state index contributed by atoms with van der Waals surface area (Å²) in [6.07, 6.45) is -1.09. The molecular weight excluding hydrogens is 468 g/mol. The van der Waals surface area contributed by atoms with Crippen molar-refractivity contribution in [3.05, 3.63) is 83.9 Å². The molecule has 0 saturated heterocycles. The van der Waals surface area contributed by atoms with Crippen molar-refractivity contribution in [2.45, 2.75) is 43.7 Å². The van der Waals surface area contributed by atoms with E-state index in [0.717, 1.165) is 0 Å². The summed E-state index contributed by atoms with van der Waals surface area (Å²) < 4.78 is 38.5. The Balaban J connectivity index is 1.46. The zero-order valence-corrected chi connectivity index (χ0v) is 20.3. The lowest BCUT2D eigenvalue weighted by Gasteiger charge is -2.27. The van der Waals surface area contributed by atoms with Gasteiger partial charge in [-0.05, 0) is 57.2 Å². The molecule has 1 amide bonds. The summed E-state index contributed by atoms with van der Waals surface area (Å²) in [7, 11) is -3.64. The number of anilines is 1. The van der Waals surface area contributed by atoms with Gasteiger partial charge in [-0.3, -0.25) is 9.59 Å². The van der Waals surface area contributed by atoms with E-state index in [-0.39, 0.29) is 10.9 Å². The Morgan fingerprint density at radius 2 is 1.40 bits per heavy atom. The summed E-state index contributed by atoms with van der Waals surface area (Å²) in [5, 5.41) is 2.65. The molecule has 0 saturated carbocycles. The fourth-order valence-electron chi connectivity index (χ4n) is 3.80. The van der Waals surface area contributed by atoms with Crippen molar-refractivity contribution in [3.8, 4) is 11.5 Å². The lowest BCUT2D eigenvalue weighted by molar-refractivity contribution is -0.153. The number of carbonyl (C=O) groups excluding carboxylic acids is 2. The van der Waals surface area contributed by atoms with Crippen LogP contribution in [0.3, 0.4) is 0 Å². The van der Waals surface area contributed by atoms with Crippen LogP contribution in [0.15, 0.2) is 77.7 Å². The molecule has 2 N–H and O–H groups in total. The number of nitrogens with one attached hydrogen (secondary N) is 2. The van der Waals surface area contributed by atoms with Gasteiger partial charge in [-0.25, -0.2) is 13.1 Å². The highest BCUT2D eigenvalue weighted by molar-refractivity contribution is 7.89. The maximum atomic E-state index is 13.2. The molecule has 0 fully saturated rings. The molecule has 1 aliphatic heterocycles. The van der Waals surface area contributed by atoms with E-state index in [1.165, 1.54) is 31.2 Å². The monoisotopic (exact) mass is 494 g/mol. The first-order valence-corrected chi connectivity index (χ1v) is 12.6. The number of fused-ring (bicyclic) bond motifs is 2. The minimum atomic E-state index is -3.64. The van der Waals surface area contributed by atoms with Crippen LogP contribution in [0.1, 0.15) is 37.8 Å². The first-order chi connectivity index (χ1) is 16.7. The van der Waals surface area contributed by atoms with Crippen molar-refractivity contribution >= 4 is 27.6 Å². The van der Waals surface area contributed by atoms with E-state index in [4.69, 9.17) is 9.47 Å². The quantitative estimate of drug-likeness (QED) is 0.477. The molecule has 1 aliphatic rings. The molecule has 182 valence electrons. The number of ether oxygens (including phenoxy) is 2. The number of carbonyl (C=O) groups is 2. The molecule has 1 atom stereocenters. The Morgan fingerprint density at radius 1 is 0.857 bits per heavy atom. The van der Waals surface area contributed by atoms with Crippen molar-refractivity contribution in [2.24, 2.45) is 0 Å². The molecule has 0 aliphatic carbocycles. The van der Waals surface area contributed by atoms with E-state index in [0.29, 0.717) is 28.3 Å². The summed E-state index contributed by atoms with van der Waals surface area (Å²) in [5.41, 5.74) is 1.70. The Kier molecular flexibility index (Phi) is 6.90. The van der Waals surface area contributed by atoms with Gasteiger partial charge < -0.3 is 14.8 Å². The predicted molar refractivity (Wildman–Crippen MR) is 131 cm³/mol. The molecule has 1 heterocycles. The van der Waals surface area contributed by atoms with E-state index >= 15 is 0 Å². The average molecular weight is 495 g/mol. The molecule has 35 heavy (non-hydrogen) atoms. The van der Waals surface area contributed by atoms with Crippen molar-refractivity contribution in [1.82, 2.24) is 4.72 Å². The molecule has 0 spiro atoms. The molecule has 0 aromatic heterocycles. The normalized spacial score (nSPS) is 13.8. The number of benzene rings is 3. The first kappa shape index (κ1) is 24.4. The van der Waals surface area contributed by atoms with Gasteiger partial charge in [0.05, 0.1) is 4.90 Å². The van der Waals surface area contributed by atoms with Gasteiger partial charge in [-0.15, -0.1) is 0 Å². The highest BCUT2D eigenvalue weighted by Gasteiger charge is 2.35. The lowest BCUT2D eigenvalue weighted by atomic mass is 9.88. The molecule has 9 heteroatoms. The van der Waals surface area contributed by atoms with E-state index < -0.39 is 33.9 Å². The number of esters is 1. The van der Waals surface area contributed by atoms with Crippen LogP contribution in [-0.2, 0) is 24.3 Å². The maximum Gasteiger partial charge on any atom is 0.318 e. The predicted octanol–water partition coefficient (Wildman–Crippen LogP) is 4.18. The van der Waals surface area contributed by atoms with Gasteiger partial charge in [0.15, 0.2) is 6.10 Å². The number of hydrogen-bond acceptors (Lipinski definition) is 6. The second-order valence-electron chi connectivity index (χ2n) is 8.48. The standard InChI is InChI=1S/C26H26N2O6S/c1-16(2)28-35(31,32)19-14-12-18(13-15-19)27-25(29)17(3)33-26(30)24-20-8-4-6-10-22(20)34-23-11-7-5-9-21(23)24/h4-17,24,28H,1-3H3,(H,27,29). The highest BCUT2D eigenvalue weighted by atomic mass is 32.2. The SMILES string of the molecule is CC(C)NS(=O)(=O)c1ccc(NC(=O)C(C)OC(=O)C2c3ccccc3Oc3ccccc32)cc1. The van der Waals surface area contributed by atoms with Gasteiger partial charge in [0.1, 0.15) is 17.4 Å². The van der Waals surface area contributed by atoms with Crippen LogP contribution < -0.4 is 14.8 Å². The molecule has 4 rings (SSSR count). The summed E-state index contributed by atoms with van der Waals surface area (Å²) in [6, 6.07) is 19.9. The zero-order chi connectivity index (χ0) is 25.2. The first-order valence-electron chi connectivity index (χ1n) is 11.1. The number of rotatable bonds is 7. The van der Waals surface area contributed by atoms with Gasteiger partial charge in [0.2, 0.25) is 10.0 Å². The molecule has 3 aromatic carbocycles. The molecule has 0 radical (unpaired) electrons. The smallest absolute Gasteiger partial charge is 0.318 e. The Bertz CT molecular complexity index is 1310. The molecule has 1 unspecified atom stereocenters. The fourth-order valence-corrected chi connectivity index (χ4v) is 5.05. The summed E-state index contributed by atoms with van der Waals surface area (Å²) in [4.78, 5) is 26.0. The van der Waals surface area contributed by atoms with E-state index in [9.17, 15) is 18.0 Å². The van der Waals surface area contributed by atoms with Gasteiger partial charge in [-0.2, -0.15) is 0 Å². The Morgan fingerprint density at radius 3 is 1.94 bits per heavy atom. The van der Waals surface area contributed by atoms with Crippen LogP contribution in [-0.4, -0.2) is 32.4 Å². The topological polar surface area (TPSA) is 111 Å². The Labute approximate surface area is 204 Å². The van der Waals surface area contributed by atoms with Gasteiger partial charge in [0, 0.05) is 22.9 Å². The van der Waals surface area contributed by atoms with Crippen molar-refractivity contribution in [1.29, 1.82) is 0 Å². The number of para-hydroxylation sites is 2. The van der Waals surface area contributed by atoms with Crippen LogP contribution in [0.4, 0.5) is 5.69 Å².